The van der Waals surface area contributed by atoms with Crippen LogP contribution >= 0.6 is 0 Å². The fraction of sp³-hybridized carbons (Fsp3) is 0.125. The van der Waals surface area contributed by atoms with E-state index >= 15 is 0 Å². The van der Waals surface area contributed by atoms with Crippen molar-refractivity contribution in [2.75, 3.05) is 0 Å². The Bertz CT molecular complexity index is 322. The molecule has 1 aromatic rings. The maximum atomic E-state index is 10.2. The third-order valence-corrected chi connectivity index (χ3v) is 6.01. The molecule has 0 aromatic heterocycles. The molecule has 8 heteroatoms. The van der Waals surface area contributed by atoms with Gasteiger partial charge in [0.2, 0.25) is 0 Å². The first kappa shape index (κ1) is 18.5. The molecule has 0 heterocycles. The Balaban J connectivity index is 0. The van der Waals surface area contributed by atoms with Gasteiger partial charge >= 0.3 is 29.6 Å². The van der Waals surface area contributed by atoms with Crippen LogP contribution < -0.4 is 34.7 Å². The van der Waals surface area contributed by atoms with Crippen molar-refractivity contribution < 1.29 is 49.4 Å². The fourth-order valence-corrected chi connectivity index (χ4v) is 0.646. The molecule has 4 nitrogen and oxygen atoms in total. The fourth-order valence-electron chi connectivity index (χ4n) is 0.646. The standard InChI is InChI=1S/C7H6O3.CH4OSi3.Na/c8-6-4-2-1-3-5(6)7(9)10;1-5(2)4-3;/h1-4,8H,(H,9,10);2H,1H3;/q;;+1/p-1. The van der Waals surface area contributed by atoms with Crippen LogP contribution in [-0.4, -0.2) is 42.7 Å². The predicted molar refractivity (Wildman–Crippen MR) is 57.8 cm³/mol. The van der Waals surface area contributed by atoms with Gasteiger partial charge in [0.15, 0.2) is 8.56 Å². The van der Waals surface area contributed by atoms with Gasteiger partial charge in [0.05, 0.1) is 5.97 Å². The zero-order valence-corrected chi connectivity index (χ0v) is 14.0. The Hall–Kier alpha value is 0.101. The maximum absolute atomic E-state index is 10.2. The third kappa shape index (κ3) is 8.28. The molecule has 6 radical (unpaired) electrons. The molecular weight excluding hydrogens is 267 g/mol. The number of carbonyl (C=O) groups is 1. The van der Waals surface area contributed by atoms with Gasteiger partial charge in [0.1, 0.15) is 5.75 Å². The van der Waals surface area contributed by atoms with Gasteiger partial charge in [-0.05, 0) is 18.7 Å². The Morgan fingerprint density at radius 2 is 1.94 bits per heavy atom. The number of phenols is 1. The molecule has 78 valence electrons. The van der Waals surface area contributed by atoms with Crippen molar-refractivity contribution in [3.63, 3.8) is 0 Å². The first-order chi connectivity index (χ1) is 6.99. The summed E-state index contributed by atoms with van der Waals surface area (Å²) in [6, 6.07) is 5.64. The van der Waals surface area contributed by atoms with E-state index in [0.717, 1.165) is 0 Å². The summed E-state index contributed by atoms with van der Waals surface area (Å²) in [7, 11) is 2.82. The molecule has 0 saturated heterocycles. The van der Waals surface area contributed by atoms with Gasteiger partial charge in [-0.2, -0.15) is 0 Å². The molecule has 0 amide bonds. The molecule has 0 aliphatic carbocycles. The smallest absolute Gasteiger partial charge is 0.545 e. The molecule has 0 unspecified atom stereocenters. The Labute approximate surface area is 124 Å². The van der Waals surface area contributed by atoms with Crippen LogP contribution in [0.2, 0.25) is 6.55 Å². The molecule has 1 aromatic carbocycles. The number of aromatic hydroxyl groups is 1. The summed E-state index contributed by atoms with van der Waals surface area (Å²) in [6.07, 6.45) is 0. The van der Waals surface area contributed by atoms with Gasteiger partial charge in [-0.3, -0.25) is 0 Å². The molecule has 0 fully saturated rings. The summed E-state index contributed by atoms with van der Waals surface area (Å²) in [5.41, 5.74) is -0.178. The zero-order chi connectivity index (χ0) is 11.8. The van der Waals surface area contributed by atoms with Crippen LogP contribution in [0.1, 0.15) is 10.4 Å². The number of benzene rings is 1. The van der Waals surface area contributed by atoms with E-state index < -0.39 is 14.5 Å². The average Bonchev–Trinajstić information content (AvgIpc) is 2.19. The van der Waals surface area contributed by atoms with E-state index in [-0.39, 0.29) is 40.9 Å². The first-order valence-electron chi connectivity index (χ1n) is 3.93. The average molecular weight is 276 g/mol. The van der Waals surface area contributed by atoms with Crippen LogP contribution in [0.15, 0.2) is 24.3 Å². The SMILES string of the molecule is C[Si](O)[Si][Si].O=C([O-])c1ccccc1O.[Na+]. The topological polar surface area (TPSA) is 80.6 Å². The van der Waals surface area contributed by atoms with E-state index in [1.807, 2.05) is 6.55 Å². The number of hydrogen-bond donors (Lipinski definition) is 2. The van der Waals surface area contributed by atoms with Crippen molar-refractivity contribution in [2.45, 2.75) is 6.55 Å². The van der Waals surface area contributed by atoms with Crippen molar-refractivity contribution >= 4 is 32.8 Å². The van der Waals surface area contributed by atoms with E-state index in [1.54, 1.807) is 6.07 Å². The number of hydrogen-bond acceptors (Lipinski definition) is 4. The van der Waals surface area contributed by atoms with Gasteiger partial charge < -0.3 is 19.8 Å². The summed E-state index contributed by atoms with van der Waals surface area (Å²) in [4.78, 5) is 18.6. The number of carboxylic acids is 1. The normalized spacial score (nSPS) is 8.75. The van der Waals surface area contributed by atoms with E-state index in [1.165, 1.54) is 18.2 Å². The number of para-hydroxylation sites is 1. The molecular formula is C8H9NaO4Si3. The van der Waals surface area contributed by atoms with Crippen LogP contribution in [0, 0.1) is 0 Å². The molecule has 0 bridgehead atoms. The quantitative estimate of drug-likeness (QED) is 0.535. The molecule has 16 heavy (non-hydrogen) atoms. The van der Waals surface area contributed by atoms with E-state index in [9.17, 15) is 9.90 Å². The number of aromatic carboxylic acids is 1. The second-order valence-electron chi connectivity index (χ2n) is 2.52. The van der Waals surface area contributed by atoms with E-state index in [2.05, 4.69) is 9.76 Å². The summed E-state index contributed by atoms with van der Waals surface area (Å²) in [5, 5.41) is 19.0. The number of carbonyl (C=O) groups excluding carboxylic acids is 1. The van der Waals surface area contributed by atoms with Crippen molar-refractivity contribution in [3.8, 4) is 5.75 Å². The van der Waals surface area contributed by atoms with Crippen molar-refractivity contribution in [3.05, 3.63) is 29.8 Å². The van der Waals surface area contributed by atoms with Crippen molar-refractivity contribution in [2.24, 2.45) is 0 Å². The van der Waals surface area contributed by atoms with Gasteiger partial charge in [-0.15, -0.1) is 0 Å². The Morgan fingerprint density at radius 3 is 2.19 bits per heavy atom. The largest absolute Gasteiger partial charge is 1.00 e. The second-order valence-corrected chi connectivity index (χ2v) is 9.11. The number of carboxylic acid groups (broad SMARTS) is 1. The van der Waals surface area contributed by atoms with Crippen LogP contribution in [0.25, 0.3) is 0 Å². The molecule has 2 N–H and O–H groups in total. The van der Waals surface area contributed by atoms with Crippen LogP contribution in [0.5, 0.6) is 5.75 Å². The monoisotopic (exact) mass is 276 g/mol. The van der Waals surface area contributed by atoms with Crippen LogP contribution in [0.4, 0.5) is 0 Å². The molecule has 0 spiro atoms. The summed E-state index contributed by atoms with van der Waals surface area (Å²) in [6.45, 7) is 1.84. The molecule has 0 aliphatic rings. The summed E-state index contributed by atoms with van der Waals surface area (Å²) < 4.78 is 0. The van der Waals surface area contributed by atoms with Gasteiger partial charge in [0.25, 0.3) is 0 Å². The molecule has 0 aliphatic heterocycles. The minimum Gasteiger partial charge on any atom is -0.545 e. The molecule has 0 saturated carbocycles. The second kappa shape index (κ2) is 10.3. The maximum Gasteiger partial charge on any atom is 1.00 e. The van der Waals surface area contributed by atoms with E-state index in [4.69, 9.17) is 9.90 Å². The zero-order valence-electron chi connectivity index (χ0n) is 9.02. The first-order valence-corrected chi connectivity index (χ1v) is 9.38. The predicted octanol–water partition coefficient (Wildman–Crippen LogP) is -4.36. The van der Waals surface area contributed by atoms with Crippen LogP contribution in [0.3, 0.4) is 0 Å². The Morgan fingerprint density at radius 1 is 1.50 bits per heavy atom. The molecule has 0 atom stereocenters. The van der Waals surface area contributed by atoms with Gasteiger partial charge in [0, 0.05) is 23.9 Å². The van der Waals surface area contributed by atoms with Gasteiger partial charge in [-0.1, -0.05) is 12.1 Å². The van der Waals surface area contributed by atoms with Gasteiger partial charge in [-0.25, -0.2) is 0 Å². The summed E-state index contributed by atoms with van der Waals surface area (Å²) in [5.74, 6) is -1.62. The van der Waals surface area contributed by atoms with Crippen LogP contribution in [-0.2, 0) is 0 Å². The Kier molecular flexibility index (Phi) is 11.8. The molecule has 1 rings (SSSR count). The number of rotatable bonds is 2. The van der Waals surface area contributed by atoms with Crippen molar-refractivity contribution in [1.29, 1.82) is 0 Å². The minimum atomic E-state index is -1.36. The summed E-state index contributed by atoms with van der Waals surface area (Å²) >= 11 is 0. The van der Waals surface area contributed by atoms with Crippen molar-refractivity contribution in [1.82, 2.24) is 0 Å². The van der Waals surface area contributed by atoms with E-state index in [0.29, 0.717) is 8.55 Å². The third-order valence-electron chi connectivity index (χ3n) is 1.30. The minimum absolute atomic E-state index is 0.